The topological polar surface area (TPSA) is 94.1 Å². The lowest BCUT2D eigenvalue weighted by Crippen LogP contribution is -2.17. The van der Waals surface area contributed by atoms with Crippen LogP contribution in [-0.4, -0.2) is 24.1 Å². The molecule has 4 rings (SSSR count). The summed E-state index contributed by atoms with van der Waals surface area (Å²) in [4.78, 5) is 37.5. The van der Waals surface area contributed by atoms with Gasteiger partial charge < -0.3 is 9.47 Å². The number of nitrogens with zero attached hydrogens (tertiary/aromatic N) is 1. The van der Waals surface area contributed by atoms with Gasteiger partial charge in [0, 0.05) is 21.7 Å². The highest BCUT2D eigenvalue weighted by atomic mass is 79.9. The van der Waals surface area contributed by atoms with E-state index in [-0.39, 0.29) is 11.5 Å². The molecule has 1 amide bonds. The molecule has 0 fully saturated rings. The number of hydrogen-bond donors (Lipinski definition) is 1. The third-order valence-corrected chi connectivity index (χ3v) is 5.37. The van der Waals surface area contributed by atoms with Crippen LogP contribution >= 0.6 is 15.9 Å². The summed E-state index contributed by atoms with van der Waals surface area (Å²) in [6.07, 6.45) is 1.34. The van der Waals surface area contributed by atoms with Crippen LogP contribution in [0.2, 0.25) is 0 Å². The van der Waals surface area contributed by atoms with Gasteiger partial charge in [0.1, 0.15) is 11.5 Å². The Kier molecular flexibility index (Phi) is 8.00. The van der Waals surface area contributed by atoms with Crippen LogP contribution in [0.3, 0.4) is 0 Å². The lowest BCUT2D eigenvalue weighted by Gasteiger charge is -2.10. The Morgan fingerprint density at radius 1 is 0.694 bits per heavy atom. The van der Waals surface area contributed by atoms with Gasteiger partial charge in [0.05, 0.1) is 17.3 Å². The van der Waals surface area contributed by atoms with Gasteiger partial charge in [-0.05, 0) is 54.6 Å². The quantitative estimate of drug-likeness (QED) is 0.141. The maximum atomic E-state index is 12.7. The standard InChI is InChI=1S/C28H19BrN2O5/c29-23-13-7-12-21(16-23)26(32)31-30-18-22-14-15-24(35-27(33)19-8-3-1-4-9-19)17-25(22)36-28(34)20-10-5-2-6-11-20/h1-18H,(H,31,32)/b30-18+. The van der Waals surface area contributed by atoms with E-state index in [4.69, 9.17) is 9.47 Å². The highest BCUT2D eigenvalue weighted by molar-refractivity contribution is 9.10. The molecule has 7 nitrogen and oxygen atoms in total. The first-order valence-electron chi connectivity index (χ1n) is 10.8. The van der Waals surface area contributed by atoms with Crippen molar-refractivity contribution in [3.05, 3.63) is 130 Å². The molecule has 0 aliphatic heterocycles. The first-order chi connectivity index (χ1) is 17.5. The number of hydrogen-bond acceptors (Lipinski definition) is 6. The Labute approximate surface area is 215 Å². The summed E-state index contributed by atoms with van der Waals surface area (Å²) >= 11 is 3.32. The van der Waals surface area contributed by atoms with Gasteiger partial charge >= 0.3 is 11.9 Å². The molecule has 0 spiro atoms. The Balaban J connectivity index is 1.56. The summed E-state index contributed by atoms with van der Waals surface area (Å²) in [5, 5.41) is 3.99. The first-order valence-corrected chi connectivity index (χ1v) is 11.6. The third-order valence-electron chi connectivity index (χ3n) is 4.87. The predicted octanol–water partition coefficient (Wildman–Crippen LogP) is 5.65. The van der Waals surface area contributed by atoms with Crippen LogP contribution in [0.25, 0.3) is 0 Å². The molecule has 178 valence electrons. The average molecular weight is 543 g/mol. The van der Waals surface area contributed by atoms with Crippen molar-refractivity contribution in [2.45, 2.75) is 0 Å². The monoisotopic (exact) mass is 542 g/mol. The first kappa shape index (κ1) is 24.6. The Hall–Kier alpha value is -4.56. The summed E-state index contributed by atoms with van der Waals surface area (Å²) in [6, 6.07) is 28.3. The van der Waals surface area contributed by atoms with E-state index in [1.165, 1.54) is 18.3 Å². The minimum Gasteiger partial charge on any atom is -0.423 e. The number of halogens is 1. The zero-order valence-corrected chi connectivity index (χ0v) is 20.3. The molecule has 0 aliphatic rings. The second kappa shape index (κ2) is 11.7. The summed E-state index contributed by atoms with van der Waals surface area (Å²) in [5.41, 5.74) is 3.96. The van der Waals surface area contributed by atoms with Crippen molar-refractivity contribution < 1.29 is 23.9 Å². The maximum Gasteiger partial charge on any atom is 0.343 e. The molecule has 1 N–H and O–H groups in total. The van der Waals surface area contributed by atoms with E-state index in [1.807, 2.05) is 0 Å². The molecule has 0 aromatic heterocycles. The van der Waals surface area contributed by atoms with Gasteiger partial charge in [-0.3, -0.25) is 4.79 Å². The fourth-order valence-electron chi connectivity index (χ4n) is 3.10. The average Bonchev–Trinajstić information content (AvgIpc) is 2.90. The number of rotatable bonds is 7. The normalized spacial score (nSPS) is 10.6. The number of hydrazone groups is 1. The number of ether oxygens (including phenoxy) is 2. The second-order valence-electron chi connectivity index (χ2n) is 7.42. The van der Waals surface area contributed by atoms with E-state index in [9.17, 15) is 14.4 Å². The molecule has 0 saturated heterocycles. The van der Waals surface area contributed by atoms with Crippen LogP contribution in [0.1, 0.15) is 36.6 Å². The van der Waals surface area contributed by atoms with Crippen molar-refractivity contribution in [3.8, 4) is 11.5 Å². The van der Waals surface area contributed by atoms with Crippen LogP contribution in [0.5, 0.6) is 11.5 Å². The molecule has 0 saturated carbocycles. The maximum absolute atomic E-state index is 12.7. The molecule has 0 heterocycles. The molecule has 4 aromatic rings. The van der Waals surface area contributed by atoms with Crippen LogP contribution in [0.4, 0.5) is 0 Å². The van der Waals surface area contributed by atoms with Gasteiger partial charge in [-0.2, -0.15) is 5.10 Å². The minimum atomic E-state index is -0.602. The van der Waals surface area contributed by atoms with E-state index >= 15 is 0 Å². The molecule has 0 atom stereocenters. The zero-order chi connectivity index (χ0) is 25.3. The number of amides is 1. The van der Waals surface area contributed by atoms with Crippen LogP contribution in [0.15, 0.2) is 113 Å². The van der Waals surface area contributed by atoms with Crippen molar-refractivity contribution in [3.63, 3.8) is 0 Å². The number of carbonyl (C=O) groups is 3. The van der Waals surface area contributed by atoms with Crippen molar-refractivity contribution >= 4 is 40.0 Å². The highest BCUT2D eigenvalue weighted by Crippen LogP contribution is 2.26. The molecule has 8 heteroatoms. The van der Waals surface area contributed by atoms with Gasteiger partial charge in [-0.1, -0.05) is 58.4 Å². The summed E-state index contributed by atoms with van der Waals surface area (Å²) in [7, 11) is 0. The van der Waals surface area contributed by atoms with Gasteiger partial charge in [0.2, 0.25) is 0 Å². The number of carbonyl (C=O) groups excluding carboxylic acids is 3. The van der Waals surface area contributed by atoms with Crippen LogP contribution in [0, 0.1) is 0 Å². The molecule has 0 bridgehead atoms. The number of nitrogens with one attached hydrogen (secondary N) is 1. The molecule has 0 unspecified atom stereocenters. The van der Waals surface area contributed by atoms with Gasteiger partial charge in [0.25, 0.3) is 5.91 Å². The largest absolute Gasteiger partial charge is 0.423 e. The van der Waals surface area contributed by atoms with Crippen molar-refractivity contribution in [2.24, 2.45) is 5.10 Å². The Morgan fingerprint density at radius 2 is 1.31 bits per heavy atom. The molecule has 4 aromatic carbocycles. The highest BCUT2D eigenvalue weighted by Gasteiger charge is 2.15. The van der Waals surface area contributed by atoms with Gasteiger partial charge in [-0.15, -0.1) is 0 Å². The third kappa shape index (κ3) is 6.52. The minimum absolute atomic E-state index is 0.0997. The van der Waals surface area contributed by atoms with Crippen molar-refractivity contribution in [2.75, 3.05) is 0 Å². The van der Waals surface area contributed by atoms with Crippen LogP contribution < -0.4 is 14.9 Å². The lowest BCUT2D eigenvalue weighted by atomic mass is 10.2. The number of esters is 2. The fourth-order valence-corrected chi connectivity index (χ4v) is 3.50. The number of benzene rings is 4. The molecule has 0 aliphatic carbocycles. The molecular weight excluding hydrogens is 524 g/mol. The zero-order valence-electron chi connectivity index (χ0n) is 18.8. The van der Waals surface area contributed by atoms with E-state index in [0.717, 1.165) is 4.47 Å². The van der Waals surface area contributed by atoms with E-state index < -0.39 is 17.8 Å². The van der Waals surface area contributed by atoms with E-state index in [1.54, 1.807) is 91.0 Å². The summed E-state index contributed by atoms with van der Waals surface area (Å²) < 4.78 is 11.8. The van der Waals surface area contributed by atoms with Gasteiger partial charge in [-0.25, -0.2) is 15.0 Å². The Bertz CT molecular complexity index is 1420. The Morgan fingerprint density at radius 3 is 1.94 bits per heavy atom. The van der Waals surface area contributed by atoms with Crippen molar-refractivity contribution in [1.82, 2.24) is 5.43 Å². The lowest BCUT2D eigenvalue weighted by molar-refractivity contribution is 0.0732. The van der Waals surface area contributed by atoms with Gasteiger partial charge in [0.15, 0.2) is 0 Å². The van der Waals surface area contributed by atoms with Crippen LogP contribution in [-0.2, 0) is 0 Å². The predicted molar refractivity (Wildman–Crippen MR) is 138 cm³/mol. The fraction of sp³-hybridized carbons (Fsp3) is 0. The molecular formula is C28H19BrN2O5. The second-order valence-corrected chi connectivity index (χ2v) is 8.34. The molecule has 36 heavy (non-hydrogen) atoms. The summed E-state index contributed by atoms with van der Waals surface area (Å²) in [6.45, 7) is 0. The van der Waals surface area contributed by atoms with E-state index in [0.29, 0.717) is 22.3 Å². The van der Waals surface area contributed by atoms with E-state index in [2.05, 4.69) is 26.5 Å². The summed E-state index contributed by atoms with van der Waals surface area (Å²) in [5.74, 6) is -1.30. The SMILES string of the molecule is O=C(N/N=C/c1ccc(OC(=O)c2ccccc2)cc1OC(=O)c1ccccc1)c1cccc(Br)c1. The van der Waals surface area contributed by atoms with Crippen molar-refractivity contribution in [1.29, 1.82) is 0 Å². The smallest absolute Gasteiger partial charge is 0.343 e. The molecule has 0 radical (unpaired) electrons.